The van der Waals surface area contributed by atoms with E-state index in [1.54, 1.807) is 25.1 Å². The van der Waals surface area contributed by atoms with E-state index in [2.05, 4.69) is 10.3 Å². The number of sulfonamides is 1. The first-order chi connectivity index (χ1) is 20.0. The second kappa shape index (κ2) is 11.4. The van der Waals surface area contributed by atoms with E-state index in [1.807, 2.05) is 31.1 Å². The lowest BCUT2D eigenvalue weighted by Gasteiger charge is -2.34. The molecule has 5 rings (SSSR count). The van der Waals surface area contributed by atoms with E-state index in [-0.39, 0.29) is 10.6 Å². The molecule has 1 unspecified atom stereocenters. The normalized spacial score (nSPS) is 17.4. The number of carbonyl (C=O) groups excluding carboxylic acids is 1. The second-order valence-electron chi connectivity index (χ2n) is 10.2. The van der Waals surface area contributed by atoms with Crippen molar-refractivity contribution in [2.75, 3.05) is 32.6 Å². The molecule has 0 spiro atoms. The molecule has 1 N–H and O–H groups in total. The van der Waals surface area contributed by atoms with Gasteiger partial charge in [0.2, 0.25) is 5.89 Å². The van der Waals surface area contributed by atoms with Crippen molar-refractivity contribution in [2.45, 2.75) is 29.9 Å². The number of hydrogen-bond acceptors (Lipinski definition) is 9. The minimum Gasteiger partial charge on any atom is -0.497 e. The van der Waals surface area contributed by atoms with Crippen molar-refractivity contribution in [3.63, 3.8) is 0 Å². The Morgan fingerprint density at radius 2 is 1.79 bits per heavy atom. The SMILES string of the molecule is COc1ccc(S(=O)(=O)N2C(=O)C(N[C@@H](C)c3ncco3)(c3cc(CN(C)C)ccc3OC)c3cc(Cl)ccc32)cc1. The third-order valence-corrected chi connectivity index (χ3v) is 9.05. The third kappa shape index (κ3) is 5.02. The highest BCUT2D eigenvalue weighted by Gasteiger charge is 2.58. The van der Waals surface area contributed by atoms with Crippen molar-refractivity contribution < 1.29 is 27.1 Å². The van der Waals surface area contributed by atoms with Crippen LogP contribution >= 0.6 is 11.6 Å². The molecule has 0 radical (unpaired) electrons. The molecule has 1 aliphatic rings. The number of carbonyl (C=O) groups is 1. The van der Waals surface area contributed by atoms with Crippen LogP contribution in [-0.4, -0.2) is 52.5 Å². The number of nitrogens with zero attached hydrogens (tertiary/aromatic N) is 3. The second-order valence-corrected chi connectivity index (χ2v) is 12.4. The summed E-state index contributed by atoms with van der Waals surface area (Å²) in [5.74, 6) is 0.416. The zero-order valence-corrected chi connectivity index (χ0v) is 25.4. The van der Waals surface area contributed by atoms with Gasteiger partial charge in [-0.05, 0) is 81.2 Å². The summed E-state index contributed by atoms with van der Waals surface area (Å²) in [5, 5.41) is 3.71. The molecule has 0 aliphatic carbocycles. The highest BCUT2D eigenvalue weighted by molar-refractivity contribution is 7.93. The summed E-state index contributed by atoms with van der Waals surface area (Å²) in [6, 6.07) is 15.4. The minimum atomic E-state index is -4.40. The number of benzene rings is 3. The Morgan fingerprint density at radius 3 is 2.40 bits per heavy atom. The van der Waals surface area contributed by atoms with E-state index in [0.29, 0.717) is 40.1 Å². The number of anilines is 1. The lowest BCUT2D eigenvalue weighted by Crippen LogP contribution is -2.53. The maximum absolute atomic E-state index is 14.9. The first-order valence-electron chi connectivity index (χ1n) is 13.1. The van der Waals surface area contributed by atoms with E-state index < -0.39 is 27.5 Å². The standard InChI is InChI=1S/C30H31ClN4O6S/c1-19(28-32-14-15-41-28)33-30(25-16-20(18-34(2)3)6-13-27(25)40-5)24-17-21(31)7-12-26(24)35(29(30)36)42(37,38)23-10-8-22(39-4)9-11-23/h6-17,19,33H,18H2,1-5H3/t19-,30?/m0/s1. The molecule has 42 heavy (non-hydrogen) atoms. The Bertz CT molecular complexity index is 1710. The third-order valence-electron chi connectivity index (χ3n) is 7.11. The van der Waals surface area contributed by atoms with Crippen LogP contribution in [0.25, 0.3) is 0 Å². The van der Waals surface area contributed by atoms with Crippen molar-refractivity contribution in [3.05, 3.63) is 101 Å². The highest BCUT2D eigenvalue weighted by atomic mass is 35.5. The summed E-state index contributed by atoms with van der Waals surface area (Å²) in [7, 11) is 2.45. The molecule has 10 nitrogen and oxygen atoms in total. The van der Waals surface area contributed by atoms with Crippen molar-refractivity contribution >= 4 is 33.2 Å². The Balaban J connectivity index is 1.80. The van der Waals surface area contributed by atoms with Crippen molar-refractivity contribution in [1.82, 2.24) is 15.2 Å². The summed E-state index contributed by atoms with van der Waals surface area (Å²) in [5.41, 5.74) is 0.0434. The Morgan fingerprint density at radius 1 is 1.05 bits per heavy atom. The van der Waals surface area contributed by atoms with Crippen LogP contribution in [0.4, 0.5) is 5.69 Å². The highest BCUT2D eigenvalue weighted by Crippen LogP contribution is 2.51. The van der Waals surface area contributed by atoms with Gasteiger partial charge in [0, 0.05) is 22.7 Å². The zero-order valence-electron chi connectivity index (χ0n) is 23.8. The number of fused-ring (bicyclic) bond motifs is 1. The molecule has 0 fully saturated rings. The number of rotatable bonds is 10. The Hall–Kier alpha value is -3.90. The van der Waals surface area contributed by atoms with Gasteiger partial charge in [0.25, 0.3) is 15.9 Å². The quantitative estimate of drug-likeness (QED) is 0.272. The lowest BCUT2D eigenvalue weighted by molar-refractivity contribution is -0.122. The Labute approximate surface area is 249 Å². The number of halogens is 1. The monoisotopic (exact) mass is 610 g/mol. The van der Waals surface area contributed by atoms with Gasteiger partial charge in [-0.3, -0.25) is 10.1 Å². The molecular weight excluding hydrogens is 580 g/mol. The van der Waals surface area contributed by atoms with Gasteiger partial charge in [-0.15, -0.1) is 0 Å². The molecular formula is C30H31ClN4O6S. The summed E-state index contributed by atoms with van der Waals surface area (Å²) in [6.45, 7) is 2.34. The number of aromatic nitrogens is 1. The van der Waals surface area contributed by atoms with Gasteiger partial charge < -0.3 is 18.8 Å². The summed E-state index contributed by atoms with van der Waals surface area (Å²) in [4.78, 5) is 21.1. The molecule has 0 saturated heterocycles. The van der Waals surface area contributed by atoms with Crippen molar-refractivity contribution in [3.8, 4) is 11.5 Å². The van der Waals surface area contributed by atoms with Gasteiger partial charge in [-0.25, -0.2) is 17.7 Å². The predicted molar refractivity (Wildman–Crippen MR) is 158 cm³/mol. The van der Waals surface area contributed by atoms with Crippen LogP contribution in [0.15, 0.2) is 82.4 Å². The predicted octanol–water partition coefficient (Wildman–Crippen LogP) is 4.74. The van der Waals surface area contributed by atoms with E-state index in [9.17, 15) is 13.2 Å². The van der Waals surface area contributed by atoms with Crippen LogP contribution in [0.2, 0.25) is 5.02 Å². The summed E-state index contributed by atoms with van der Waals surface area (Å²) >= 11 is 6.52. The average molecular weight is 611 g/mol. The lowest BCUT2D eigenvalue weighted by atomic mass is 9.81. The van der Waals surface area contributed by atoms with E-state index in [1.165, 1.54) is 57.0 Å². The molecule has 220 valence electrons. The van der Waals surface area contributed by atoms with Gasteiger partial charge in [0.1, 0.15) is 17.8 Å². The summed E-state index contributed by atoms with van der Waals surface area (Å²) in [6.07, 6.45) is 2.93. The molecule has 2 heterocycles. The van der Waals surface area contributed by atoms with Crippen LogP contribution in [0.3, 0.4) is 0 Å². The number of oxazole rings is 1. The minimum absolute atomic E-state index is 0.0811. The number of amides is 1. The average Bonchev–Trinajstić information content (AvgIpc) is 3.59. The topological polar surface area (TPSA) is 114 Å². The summed E-state index contributed by atoms with van der Waals surface area (Å²) < 4.78 is 45.8. The van der Waals surface area contributed by atoms with Gasteiger partial charge in [0.15, 0.2) is 5.54 Å². The smallest absolute Gasteiger partial charge is 0.270 e. The number of ether oxygens (including phenoxy) is 2. The number of methoxy groups -OCH3 is 2. The molecule has 0 bridgehead atoms. The fraction of sp³-hybridized carbons (Fsp3) is 0.267. The number of hydrogen-bond donors (Lipinski definition) is 1. The zero-order chi connectivity index (χ0) is 30.2. The van der Waals surface area contributed by atoms with Crippen molar-refractivity contribution in [1.29, 1.82) is 0 Å². The van der Waals surface area contributed by atoms with Crippen LogP contribution in [0.1, 0.15) is 35.5 Å². The Kier molecular flexibility index (Phi) is 8.04. The van der Waals surface area contributed by atoms with E-state index in [0.717, 1.165) is 9.87 Å². The largest absolute Gasteiger partial charge is 0.497 e. The fourth-order valence-corrected chi connectivity index (χ4v) is 6.91. The molecule has 1 aromatic heterocycles. The van der Waals surface area contributed by atoms with Crippen LogP contribution in [0, 0.1) is 0 Å². The molecule has 4 aromatic rings. The van der Waals surface area contributed by atoms with E-state index in [4.69, 9.17) is 25.5 Å². The van der Waals surface area contributed by atoms with E-state index >= 15 is 0 Å². The van der Waals surface area contributed by atoms with Gasteiger partial charge in [-0.1, -0.05) is 17.7 Å². The molecule has 12 heteroatoms. The van der Waals surface area contributed by atoms with Crippen LogP contribution in [-0.2, 0) is 26.9 Å². The molecule has 2 atom stereocenters. The van der Waals surface area contributed by atoms with Crippen molar-refractivity contribution in [2.24, 2.45) is 0 Å². The maximum atomic E-state index is 14.9. The molecule has 3 aromatic carbocycles. The van der Waals surface area contributed by atoms with Gasteiger partial charge in [0.05, 0.1) is 37.0 Å². The van der Waals surface area contributed by atoms with Gasteiger partial charge >= 0.3 is 0 Å². The molecule has 1 amide bonds. The molecule has 1 aliphatic heterocycles. The molecule has 0 saturated carbocycles. The van der Waals surface area contributed by atoms with Crippen LogP contribution in [0.5, 0.6) is 11.5 Å². The van der Waals surface area contributed by atoms with Crippen LogP contribution < -0.4 is 19.1 Å². The number of nitrogens with one attached hydrogen (secondary N) is 1. The first kappa shape index (κ1) is 29.6. The first-order valence-corrected chi connectivity index (χ1v) is 14.9. The maximum Gasteiger partial charge on any atom is 0.270 e. The fourth-order valence-electron chi connectivity index (χ4n) is 5.28. The van der Waals surface area contributed by atoms with Gasteiger partial charge in [-0.2, -0.15) is 0 Å².